The number of thiophene rings is 2. The lowest BCUT2D eigenvalue weighted by Crippen LogP contribution is -2.29. The van der Waals surface area contributed by atoms with Crippen molar-refractivity contribution in [2.24, 2.45) is 0 Å². The van der Waals surface area contributed by atoms with Crippen molar-refractivity contribution in [3.63, 3.8) is 0 Å². The highest BCUT2D eigenvalue weighted by molar-refractivity contribution is 7.10. The SMILES string of the molecule is O=C1CC(c2cccs2)C(=O)C(c2cccs2)C1. The van der Waals surface area contributed by atoms with Crippen LogP contribution in [0.5, 0.6) is 0 Å². The van der Waals surface area contributed by atoms with Gasteiger partial charge >= 0.3 is 0 Å². The predicted octanol–water partition coefficient (Wildman–Crippen LogP) is 3.61. The van der Waals surface area contributed by atoms with Gasteiger partial charge in [0.15, 0.2) is 0 Å². The summed E-state index contributed by atoms with van der Waals surface area (Å²) in [6.45, 7) is 0. The van der Waals surface area contributed by atoms with Crippen LogP contribution in [0.2, 0.25) is 0 Å². The molecule has 0 aliphatic heterocycles. The summed E-state index contributed by atoms with van der Waals surface area (Å²) >= 11 is 3.13. The summed E-state index contributed by atoms with van der Waals surface area (Å²) in [5.41, 5.74) is 0. The van der Waals surface area contributed by atoms with E-state index in [0.29, 0.717) is 12.8 Å². The summed E-state index contributed by atoms with van der Waals surface area (Å²) in [4.78, 5) is 26.5. The van der Waals surface area contributed by atoms with Crippen LogP contribution in [0.3, 0.4) is 0 Å². The minimum absolute atomic E-state index is 0.200. The smallest absolute Gasteiger partial charge is 0.150 e. The van der Waals surface area contributed by atoms with E-state index in [2.05, 4.69) is 0 Å². The van der Waals surface area contributed by atoms with Gasteiger partial charge in [0.1, 0.15) is 11.6 Å². The topological polar surface area (TPSA) is 34.1 Å². The van der Waals surface area contributed by atoms with Crippen LogP contribution in [-0.2, 0) is 9.59 Å². The van der Waals surface area contributed by atoms with E-state index in [1.807, 2.05) is 35.0 Å². The minimum Gasteiger partial charge on any atom is -0.300 e. The number of carbonyl (C=O) groups excluding carboxylic acids is 2. The molecule has 2 heterocycles. The van der Waals surface area contributed by atoms with Gasteiger partial charge in [-0.05, 0) is 22.9 Å². The first-order valence-electron chi connectivity index (χ1n) is 5.88. The van der Waals surface area contributed by atoms with Gasteiger partial charge in [-0.15, -0.1) is 22.7 Å². The summed E-state index contributed by atoms with van der Waals surface area (Å²) in [5, 5.41) is 3.92. The Morgan fingerprint density at radius 1 is 0.889 bits per heavy atom. The molecule has 0 aromatic carbocycles. The molecule has 0 spiro atoms. The zero-order valence-electron chi connectivity index (χ0n) is 9.67. The first kappa shape index (κ1) is 11.8. The summed E-state index contributed by atoms with van der Waals surface area (Å²) in [5.74, 6) is -0.0393. The molecule has 0 radical (unpaired) electrons. The van der Waals surface area contributed by atoms with Gasteiger partial charge in [-0.2, -0.15) is 0 Å². The van der Waals surface area contributed by atoms with E-state index in [0.717, 1.165) is 9.75 Å². The van der Waals surface area contributed by atoms with Crippen LogP contribution in [0, 0.1) is 0 Å². The van der Waals surface area contributed by atoms with E-state index in [1.165, 1.54) is 0 Å². The van der Waals surface area contributed by atoms with Crippen molar-refractivity contribution in [1.82, 2.24) is 0 Å². The van der Waals surface area contributed by atoms with Crippen molar-refractivity contribution < 1.29 is 9.59 Å². The van der Waals surface area contributed by atoms with Crippen molar-refractivity contribution in [2.45, 2.75) is 24.7 Å². The lowest BCUT2D eigenvalue weighted by Gasteiger charge is -2.25. The van der Waals surface area contributed by atoms with E-state index in [-0.39, 0.29) is 23.4 Å². The molecule has 0 bridgehead atoms. The van der Waals surface area contributed by atoms with Gasteiger partial charge in [-0.25, -0.2) is 0 Å². The lowest BCUT2D eigenvalue weighted by molar-refractivity contribution is -0.131. The maximum Gasteiger partial charge on any atom is 0.150 e. The van der Waals surface area contributed by atoms with Gasteiger partial charge in [0.2, 0.25) is 0 Å². The molecule has 92 valence electrons. The first-order chi connectivity index (χ1) is 8.75. The molecule has 2 aromatic heterocycles. The Morgan fingerprint density at radius 3 is 1.78 bits per heavy atom. The largest absolute Gasteiger partial charge is 0.300 e. The van der Waals surface area contributed by atoms with Crippen LogP contribution >= 0.6 is 22.7 Å². The molecule has 2 atom stereocenters. The Balaban J connectivity index is 1.93. The van der Waals surface area contributed by atoms with Crippen LogP contribution in [0.25, 0.3) is 0 Å². The Kier molecular flexibility index (Phi) is 3.14. The number of Topliss-reactive ketones (excluding diaryl/α,β-unsaturated/α-hetero) is 2. The molecule has 1 aliphatic rings. The van der Waals surface area contributed by atoms with Crippen molar-refractivity contribution in [2.75, 3.05) is 0 Å². The zero-order chi connectivity index (χ0) is 12.5. The van der Waals surface area contributed by atoms with Crippen molar-refractivity contribution in [3.05, 3.63) is 44.8 Å². The van der Waals surface area contributed by atoms with E-state index >= 15 is 0 Å². The standard InChI is InChI=1S/C14H12O2S2/c15-9-7-10(12-3-1-5-17-12)14(16)11(8-9)13-4-2-6-18-13/h1-6,10-11H,7-8H2. The predicted molar refractivity (Wildman–Crippen MR) is 73.4 cm³/mol. The average molecular weight is 276 g/mol. The normalized spacial score (nSPS) is 24.4. The van der Waals surface area contributed by atoms with Gasteiger partial charge in [-0.1, -0.05) is 12.1 Å². The van der Waals surface area contributed by atoms with E-state index < -0.39 is 0 Å². The Bertz CT molecular complexity index is 506. The van der Waals surface area contributed by atoms with Gasteiger partial charge in [-0.3, -0.25) is 9.59 Å². The summed E-state index contributed by atoms with van der Waals surface area (Å²) in [6, 6.07) is 7.79. The molecule has 3 rings (SSSR count). The minimum atomic E-state index is -0.224. The highest BCUT2D eigenvalue weighted by Crippen LogP contribution is 2.39. The molecule has 0 N–H and O–H groups in total. The van der Waals surface area contributed by atoms with Crippen molar-refractivity contribution >= 4 is 34.2 Å². The third kappa shape index (κ3) is 2.06. The number of rotatable bonds is 2. The van der Waals surface area contributed by atoms with Gasteiger partial charge < -0.3 is 0 Å². The molecule has 4 heteroatoms. The Morgan fingerprint density at radius 2 is 1.39 bits per heavy atom. The van der Waals surface area contributed by atoms with Crippen LogP contribution in [0.4, 0.5) is 0 Å². The average Bonchev–Trinajstić information content (AvgIpc) is 3.02. The summed E-state index contributed by atoms with van der Waals surface area (Å²) in [6.07, 6.45) is 0.752. The number of hydrogen-bond acceptors (Lipinski definition) is 4. The molecule has 1 saturated carbocycles. The molecule has 2 unspecified atom stereocenters. The van der Waals surface area contributed by atoms with Crippen LogP contribution in [0.1, 0.15) is 34.4 Å². The third-order valence-electron chi connectivity index (χ3n) is 3.32. The second-order valence-corrected chi connectivity index (χ2v) is 6.44. The van der Waals surface area contributed by atoms with E-state index in [4.69, 9.17) is 0 Å². The molecule has 0 amide bonds. The fourth-order valence-electron chi connectivity index (χ4n) is 2.44. The fourth-order valence-corrected chi connectivity index (χ4v) is 4.11. The van der Waals surface area contributed by atoms with Crippen LogP contribution in [0.15, 0.2) is 35.0 Å². The quantitative estimate of drug-likeness (QED) is 0.839. The molecular formula is C14H12O2S2. The number of ketones is 2. The Hall–Kier alpha value is -1.26. The first-order valence-corrected chi connectivity index (χ1v) is 7.64. The fraction of sp³-hybridized carbons (Fsp3) is 0.286. The number of hydrogen-bond donors (Lipinski definition) is 0. The molecule has 2 aromatic rings. The molecule has 1 fully saturated rings. The Labute approximate surface area is 113 Å². The van der Waals surface area contributed by atoms with Crippen molar-refractivity contribution in [1.29, 1.82) is 0 Å². The summed E-state index contributed by atoms with van der Waals surface area (Å²) in [7, 11) is 0. The second-order valence-electron chi connectivity index (χ2n) is 4.49. The second kappa shape index (κ2) is 4.78. The molecular weight excluding hydrogens is 264 g/mol. The highest BCUT2D eigenvalue weighted by atomic mass is 32.1. The third-order valence-corrected chi connectivity index (χ3v) is 5.30. The molecule has 0 saturated heterocycles. The van der Waals surface area contributed by atoms with Gasteiger partial charge in [0.05, 0.1) is 11.8 Å². The zero-order valence-corrected chi connectivity index (χ0v) is 11.3. The maximum atomic E-state index is 12.5. The molecule has 18 heavy (non-hydrogen) atoms. The van der Waals surface area contributed by atoms with Crippen LogP contribution < -0.4 is 0 Å². The summed E-state index contributed by atoms with van der Waals surface area (Å²) < 4.78 is 0. The van der Waals surface area contributed by atoms with E-state index in [9.17, 15) is 9.59 Å². The molecule has 2 nitrogen and oxygen atoms in total. The van der Waals surface area contributed by atoms with E-state index in [1.54, 1.807) is 22.7 Å². The maximum absolute atomic E-state index is 12.5. The number of carbonyl (C=O) groups is 2. The van der Waals surface area contributed by atoms with Gasteiger partial charge in [0.25, 0.3) is 0 Å². The molecule has 1 aliphatic carbocycles. The monoisotopic (exact) mass is 276 g/mol. The van der Waals surface area contributed by atoms with Gasteiger partial charge in [0, 0.05) is 22.6 Å². The van der Waals surface area contributed by atoms with Crippen LogP contribution in [-0.4, -0.2) is 11.6 Å². The lowest BCUT2D eigenvalue weighted by atomic mass is 9.78. The highest BCUT2D eigenvalue weighted by Gasteiger charge is 2.37. The van der Waals surface area contributed by atoms with Crippen molar-refractivity contribution in [3.8, 4) is 0 Å².